The summed E-state index contributed by atoms with van der Waals surface area (Å²) in [6.07, 6.45) is 0.00903. The highest BCUT2D eigenvalue weighted by atomic mass is 79.9. The van der Waals surface area contributed by atoms with Crippen molar-refractivity contribution < 1.29 is 9.90 Å². The standard InChI is InChI=1S/C6H7BrN2O2/c1-9-4(3-6(10)11)2-5(7)8-9/h2H,3H2,1H3,(H,10,11). The first-order chi connectivity index (χ1) is 5.09. The zero-order valence-corrected chi connectivity index (χ0v) is 7.50. The van der Waals surface area contributed by atoms with Gasteiger partial charge in [-0.1, -0.05) is 0 Å². The molecule has 0 aromatic carbocycles. The van der Waals surface area contributed by atoms with Crippen LogP contribution in [0.15, 0.2) is 10.7 Å². The topological polar surface area (TPSA) is 55.1 Å². The molecule has 0 amide bonds. The SMILES string of the molecule is Cn1nc(Br)cc1CC(=O)O. The molecule has 0 radical (unpaired) electrons. The maximum absolute atomic E-state index is 10.3. The van der Waals surface area contributed by atoms with Crippen molar-refractivity contribution in [3.63, 3.8) is 0 Å². The molecule has 4 nitrogen and oxygen atoms in total. The first-order valence-corrected chi connectivity index (χ1v) is 3.79. The Labute approximate surface area is 72.0 Å². The molecule has 0 saturated carbocycles. The van der Waals surface area contributed by atoms with Gasteiger partial charge in [-0.05, 0) is 22.0 Å². The van der Waals surface area contributed by atoms with E-state index in [2.05, 4.69) is 21.0 Å². The summed E-state index contributed by atoms with van der Waals surface area (Å²) in [6.45, 7) is 0. The molecular formula is C6H7BrN2O2. The normalized spacial score (nSPS) is 10.0. The summed E-state index contributed by atoms with van der Waals surface area (Å²) >= 11 is 3.15. The van der Waals surface area contributed by atoms with Crippen LogP contribution < -0.4 is 0 Å². The molecule has 0 aliphatic rings. The van der Waals surface area contributed by atoms with E-state index < -0.39 is 5.97 Å². The second-order valence-corrected chi connectivity index (χ2v) is 2.96. The van der Waals surface area contributed by atoms with Gasteiger partial charge < -0.3 is 5.11 Å². The average Bonchev–Trinajstić information content (AvgIpc) is 2.09. The lowest BCUT2D eigenvalue weighted by atomic mass is 10.3. The van der Waals surface area contributed by atoms with Gasteiger partial charge in [0.05, 0.1) is 12.1 Å². The largest absolute Gasteiger partial charge is 0.481 e. The lowest BCUT2D eigenvalue weighted by Crippen LogP contribution is -2.05. The van der Waals surface area contributed by atoms with Crippen LogP contribution >= 0.6 is 15.9 Å². The molecule has 1 N–H and O–H groups in total. The van der Waals surface area contributed by atoms with E-state index in [0.29, 0.717) is 10.3 Å². The van der Waals surface area contributed by atoms with Crippen molar-refractivity contribution in [2.24, 2.45) is 7.05 Å². The smallest absolute Gasteiger partial charge is 0.309 e. The van der Waals surface area contributed by atoms with Crippen LogP contribution in [0.25, 0.3) is 0 Å². The van der Waals surface area contributed by atoms with E-state index in [4.69, 9.17) is 5.11 Å². The van der Waals surface area contributed by atoms with Crippen LogP contribution in [0.2, 0.25) is 0 Å². The molecule has 0 atom stereocenters. The molecule has 0 saturated heterocycles. The molecule has 11 heavy (non-hydrogen) atoms. The van der Waals surface area contributed by atoms with Crippen molar-refractivity contribution >= 4 is 21.9 Å². The average molecular weight is 219 g/mol. The molecule has 1 aromatic heterocycles. The van der Waals surface area contributed by atoms with Gasteiger partial charge in [0.15, 0.2) is 0 Å². The van der Waals surface area contributed by atoms with Crippen LogP contribution in [0.5, 0.6) is 0 Å². The minimum Gasteiger partial charge on any atom is -0.481 e. The highest BCUT2D eigenvalue weighted by molar-refractivity contribution is 9.10. The number of aliphatic carboxylic acids is 1. The first-order valence-electron chi connectivity index (χ1n) is 3.00. The number of aryl methyl sites for hydroxylation is 1. The number of halogens is 1. The molecule has 1 aromatic rings. The summed E-state index contributed by atoms with van der Waals surface area (Å²) in [5.41, 5.74) is 0.685. The number of carbonyl (C=O) groups is 1. The van der Waals surface area contributed by atoms with Crippen LogP contribution in [0.1, 0.15) is 5.69 Å². The summed E-state index contributed by atoms with van der Waals surface area (Å²) in [5.74, 6) is -0.847. The molecule has 0 aliphatic carbocycles. The highest BCUT2D eigenvalue weighted by Gasteiger charge is 2.06. The van der Waals surface area contributed by atoms with Gasteiger partial charge in [0, 0.05) is 7.05 Å². The fraction of sp³-hybridized carbons (Fsp3) is 0.333. The number of rotatable bonds is 2. The van der Waals surface area contributed by atoms with Crippen molar-refractivity contribution in [3.05, 3.63) is 16.4 Å². The quantitative estimate of drug-likeness (QED) is 0.800. The van der Waals surface area contributed by atoms with Crippen molar-refractivity contribution in [2.75, 3.05) is 0 Å². The number of aromatic nitrogens is 2. The number of hydrogen-bond acceptors (Lipinski definition) is 2. The van der Waals surface area contributed by atoms with E-state index in [1.807, 2.05) is 0 Å². The summed E-state index contributed by atoms with van der Waals surface area (Å²) < 4.78 is 2.20. The predicted octanol–water partition coefficient (Wildman–Crippen LogP) is 0.810. The Hall–Kier alpha value is -0.840. The van der Waals surface area contributed by atoms with Gasteiger partial charge in [-0.2, -0.15) is 5.10 Å². The van der Waals surface area contributed by atoms with Crippen molar-refractivity contribution in [3.8, 4) is 0 Å². The Morgan fingerprint density at radius 3 is 2.91 bits per heavy atom. The van der Waals surface area contributed by atoms with E-state index in [-0.39, 0.29) is 6.42 Å². The molecule has 5 heteroatoms. The van der Waals surface area contributed by atoms with E-state index in [0.717, 1.165) is 0 Å². The van der Waals surface area contributed by atoms with Gasteiger partial charge in [-0.25, -0.2) is 0 Å². The summed E-state index contributed by atoms with van der Waals surface area (Å²) in [7, 11) is 1.71. The van der Waals surface area contributed by atoms with Crippen LogP contribution in [0, 0.1) is 0 Å². The number of nitrogens with zero attached hydrogens (tertiary/aromatic N) is 2. The van der Waals surface area contributed by atoms with Gasteiger partial charge in [0.1, 0.15) is 4.60 Å². The molecule has 0 spiro atoms. The second kappa shape index (κ2) is 3.04. The molecule has 0 unspecified atom stereocenters. The molecule has 1 heterocycles. The monoisotopic (exact) mass is 218 g/mol. The fourth-order valence-corrected chi connectivity index (χ4v) is 1.29. The summed E-state index contributed by atoms with van der Waals surface area (Å²) in [6, 6.07) is 1.69. The van der Waals surface area contributed by atoms with E-state index >= 15 is 0 Å². The van der Waals surface area contributed by atoms with Crippen molar-refractivity contribution in [2.45, 2.75) is 6.42 Å². The van der Waals surface area contributed by atoms with Gasteiger partial charge in [0.25, 0.3) is 0 Å². The minimum absolute atomic E-state index is 0.00903. The van der Waals surface area contributed by atoms with E-state index in [9.17, 15) is 4.79 Å². The van der Waals surface area contributed by atoms with Gasteiger partial charge >= 0.3 is 5.97 Å². The molecular weight excluding hydrogens is 212 g/mol. The number of hydrogen-bond donors (Lipinski definition) is 1. The highest BCUT2D eigenvalue weighted by Crippen LogP contribution is 2.09. The van der Waals surface area contributed by atoms with Crippen LogP contribution in [0.3, 0.4) is 0 Å². The number of carboxylic acids is 1. The third-order valence-corrected chi connectivity index (χ3v) is 1.67. The molecule has 0 fully saturated rings. The molecule has 1 rings (SSSR count). The zero-order chi connectivity index (χ0) is 8.43. The Morgan fingerprint density at radius 1 is 1.91 bits per heavy atom. The van der Waals surface area contributed by atoms with Crippen LogP contribution in [-0.2, 0) is 18.3 Å². The minimum atomic E-state index is -0.847. The predicted molar refractivity (Wildman–Crippen MR) is 42.2 cm³/mol. The molecule has 60 valence electrons. The molecule has 0 aliphatic heterocycles. The van der Waals surface area contributed by atoms with Crippen LogP contribution in [-0.4, -0.2) is 20.9 Å². The van der Waals surface area contributed by atoms with Gasteiger partial charge in [-0.15, -0.1) is 0 Å². The second-order valence-electron chi connectivity index (χ2n) is 2.15. The van der Waals surface area contributed by atoms with Crippen LogP contribution in [0.4, 0.5) is 0 Å². The molecule has 0 bridgehead atoms. The van der Waals surface area contributed by atoms with E-state index in [1.165, 1.54) is 4.68 Å². The van der Waals surface area contributed by atoms with Gasteiger partial charge in [-0.3, -0.25) is 9.48 Å². The number of carboxylic acid groups (broad SMARTS) is 1. The lowest BCUT2D eigenvalue weighted by Gasteiger charge is -1.94. The Balaban J connectivity index is 2.85. The fourth-order valence-electron chi connectivity index (χ4n) is 0.788. The maximum Gasteiger partial charge on any atom is 0.309 e. The van der Waals surface area contributed by atoms with E-state index in [1.54, 1.807) is 13.1 Å². The Morgan fingerprint density at radius 2 is 2.55 bits per heavy atom. The summed E-state index contributed by atoms with van der Waals surface area (Å²) in [5, 5.41) is 12.4. The third kappa shape index (κ3) is 2.04. The van der Waals surface area contributed by atoms with Crippen molar-refractivity contribution in [1.29, 1.82) is 0 Å². The van der Waals surface area contributed by atoms with Gasteiger partial charge in [0.2, 0.25) is 0 Å². The summed E-state index contributed by atoms with van der Waals surface area (Å²) in [4.78, 5) is 10.3. The zero-order valence-electron chi connectivity index (χ0n) is 5.91. The Kier molecular flexibility index (Phi) is 2.28. The Bertz CT molecular complexity index is 282. The lowest BCUT2D eigenvalue weighted by molar-refractivity contribution is -0.136. The van der Waals surface area contributed by atoms with Crippen molar-refractivity contribution in [1.82, 2.24) is 9.78 Å². The third-order valence-electron chi connectivity index (χ3n) is 1.28. The first kappa shape index (κ1) is 8.26. The maximum atomic E-state index is 10.3.